The first-order valence-electron chi connectivity index (χ1n) is 13.1. The second-order valence-electron chi connectivity index (χ2n) is 10.5. The van der Waals surface area contributed by atoms with E-state index in [1.165, 1.54) is 17.0 Å². The maximum absolute atomic E-state index is 13.2. The molecule has 0 unspecified atom stereocenters. The fraction of sp³-hybridized carbons (Fsp3) is 0.414. The van der Waals surface area contributed by atoms with Gasteiger partial charge < -0.3 is 20.3 Å². The van der Waals surface area contributed by atoms with Crippen molar-refractivity contribution >= 4 is 23.4 Å². The van der Waals surface area contributed by atoms with E-state index in [0.29, 0.717) is 23.7 Å². The number of nitrogens with one attached hydrogen (secondary N) is 2. The van der Waals surface area contributed by atoms with E-state index in [-0.39, 0.29) is 24.2 Å². The summed E-state index contributed by atoms with van der Waals surface area (Å²) in [5.41, 5.74) is 0.276. The van der Waals surface area contributed by atoms with Crippen LogP contribution in [-0.2, 0) is 16.4 Å². The van der Waals surface area contributed by atoms with Crippen LogP contribution in [0.4, 0.5) is 29.5 Å². The molecule has 0 bridgehead atoms. The number of urea groups is 1. The van der Waals surface area contributed by atoms with Gasteiger partial charge >= 0.3 is 12.2 Å². The van der Waals surface area contributed by atoms with Crippen LogP contribution in [0.1, 0.15) is 58.2 Å². The van der Waals surface area contributed by atoms with Crippen molar-refractivity contribution in [1.29, 1.82) is 0 Å². The third-order valence-corrected chi connectivity index (χ3v) is 6.16. The molecule has 2 aromatic carbocycles. The van der Waals surface area contributed by atoms with Gasteiger partial charge in [0.2, 0.25) is 5.91 Å². The van der Waals surface area contributed by atoms with Gasteiger partial charge in [0.1, 0.15) is 18.1 Å². The number of amides is 3. The van der Waals surface area contributed by atoms with Crippen LogP contribution in [0.5, 0.6) is 5.75 Å². The normalized spacial score (nSPS) is 11.7. The van der Waals surface area contributed by atoms with Crippen LogP contribution in [0.25, 0.3) is 5.69 Å². The largest absolute Gasteiger partial charge is 0.497 e. The predicted molar refractivity (Wildman–Crippen MR) is 149 cm³/mol. The number of anilines is 2. The minimum absolute atomic E-state index is 0.00636. The number of hydrogen-bond acceptors (Lipinski definition) is 4. The summed E-state index contributed by atoms with van der Waals surface area (Å²) < 4.78 is 46.2. The lowest BCUT2D eigenvalue weighted by Gasteiger charge is -2.23. The zero-order chi connectivity index (χ0) is 29.5. The number of hydrogen-bond donors (Lipinski definition) is 2. The number of benzene rings is 2. The number of carbonyl (C=O) groups excluding carboxylic acids is 2. The lowest BCUT2D eigenvalue weighted by molar-refractivity contribution is -0.137. The van der Waals surface area contributed by atoms with Crippen molar-refractivity contribution < 1.29 is 27.5 Å². The molecule has 1 heterocycles. The lowest BCUT2D eigenvalue weighted by Crippen LogP contribution is -2.41. The molecule has 0 aliphatic carbocycles. The second kappa shape index (κ2) is 12.9. The third kappa shape index (κ3) is 8.24. The summed E-state index contributed by atoms with van der Waals surface area (Å²) in [6.45, 7) is 7.99. The lowest BCUT2D eigenvalue weighted by atomic mass is 9.92. The Hall–Kier alpha value is -4.02. The summed E-state index contributed by atoms with van der Waals surface area (Å²) in [6, 6.07) is 12.7. The van der Waals surface area contributed by atoms with Crippen molar-refractivity contribution in [2.75, 3.05) is 30.8 Å². The molecule has 0 atom stereocenters. The fourth-order valence-electron chi connectivity index (χ4n) is 3.89. The molecule has 0 spiro atoms. The Bertz CT molecular complexity index is 1300. The van der Waals surface area contributed by atoms with Crippen LogP contribution in [0.3, 0.4) is 0 Å². The van der Waals surface area contributed by atoms with Gasteiger partial charge in [0, 0.05) is 23.7 Å². The summed E-state index contributed by atoms with van der Waals surface area (Å²) in [5.74, 6) is 0.629. The van der Waals surface area contributed by atoms with Gasteiger partial charge in [-0.05, 0) is 48.9 Å². The molecule has 0 radical (unpaired) electrons. The van der Waals surface area contributed by atoms with E-state index < -0.39 is 23.7 Å². The molecule has 3 aromatic rings. The highest BCUT2D eigenvalue weighted by Crippen LogP contribution is 2.31. The number of alkyl halides is 3. The number of unbranched alkanes of at least 4 members (excludes halogenated alkanes) is 2. The first-order valence-corrected chi connectivity index (χ1v) is 13.1. The van der Waals surface area contributed by atoms with Gasteiger partial charge in [-0.3, -0.25) is 4.79 Å². The molecule has 216 valence electrons. The van der Waals surface area contributed by atoms with Crippen LogP contribution >= 0.6 is 0 Å². The van der Waals surface area contributed by atoms with Gasteiger partial charge in [0.25, 0.3) is 0 Å². The minimum atomic E-state index is -4.54. The van der Waals surface area contributed by atoms with Crippen LogP contribution in [0, 0.1) is 0 Å². The van der Waals surface area contributed by atoms with Crippen molar-refractivity contribution in [3.8, 4) is 11.4 Å². The van der Waals surface area contributed by atoms with Crippen LogP contribution in [0.15, 0.2) is 54.6 Å². The van der Waals surface area contributed by atoms with Gasteiger partial charge in [-0.15, -0.1) is 0 Å². The minimum Gasteiger partial charge on any atom is -0.497 e. The molecule has 0 fully saturated rings. The Morgan fingerprint density at radius 2 is 1.70 bits per heavy atom. The second-order valence-corrected chi connectivity index (χ2v) is 10.5. The number of aromatic nitrogens is 2. The van der Waals surface area contributed by atoms with E-state index >= 15 is 0 Å². The van der Waals surface area contributed by atoms with E-state index in [1.54, 1.807) is 30.0 Å². The molecule has 40 heavy (non-hydrogen) atoms. The number of carbonyl (C=O) groups is 2. The smallest absolute Gasteiger partial charge is 0.416 e. The molecule has 3 rings (SSSR count). The number of rotatable bonds is 10. The van der Waals surface area contributed by atoms with Crippen molar-refractivity contribution in [3.05, 3.63) is 65.9 Å². The van der Waals surface area contributed by atoms with Gasteiger partial charge in [0.05, 0.1) is 24.1 Å². The zero-order valence-corrected chi connectivity index (χ0v) is 23.4. The van der Waals surface area contributed by atoms with Gasteiger partial charge in [-0.25, -0.2) is 9.48 Å². The Balaban J connectivity index is 1.81. The SMILES string of the molecule is CCCCCN(CC(=O)Nc1cc(C(C)(C)C)nn1-c1ccc(OC)cc1)C(=O)Nc1cccc(C(F)(F)F)c1. The van der Waals surface area contributed by atoms with E-state index in [2.05, 4.69) is 10.6 Å². The summed E-state index contributed by atoms with van der Waals surface area (Å²) >= 11 is 0. The Labute approximate surface area is 232 Å². The summed E-state index contributed by atoms with van der Waals surface area (Å²) in [4.78, 5) is 27.6. The summed E-state index contributed by atoms with van der Waals surface area (Å²) in [7, 11) is 1.57. The average Bonchev–Trinajstić information content (AvgIpc) is 3.32. The molecule has 0 aliphatic rings. The highest BCUT2D eigenvalue weighted by Gasteiger charge is 2.31. The third-order valence-electron chi connectivity index (χ3n) is 6.16. The van der Waals surface area contributed by atoms with Crippen molar-refractivity contribution in [3.63, 3.8) is 0 Å². The monoisotopic (exact) mass is 559 g/mol. The number of ether oxygens (including phenoxy) is 1. The van der Waals surface area contributed by atoms with Crippen LogP contribution < -0.4 is 15.4 Å². The van der Waals surface area contributed by atoms with E-state index in [1.807, 2.05) is 39.8 Å². The highest BCUT2D eigenvalue weighted by molar-refractivity contribution is 5.96. The summed E-state index contributed by atoms with van der Waals surface area (Å²) in [5, 5.41) is 10.1. The average molecular weight is 560 g/mol. The molecule has 0 aliphatic heterocycles. The zero-order valence-electron chi connectivity index (χ0n) is 23.4. The molecular weight excluding hydrogens is 523 g/mol. The van der Waals surface area contributed by atoms with E-state index in [0.717, 1.165) is 30.7 Å². The van der Waals surface area contributed by atoms with E-state index in [9.17, 15) is 22.8 Å². The van der Waals surface area contributed by atoms with Crippen LogP contribution in [0.2, 0.25) is 0 Å². The molecule has 0 saturated heterocycles. The quantitative estimate of drug-likeness (QED) is 0.266. The highest BCUT2D eigenvalue weighted by atomic mass is 19.4. The number of methoxy groups -OCH3 is 1. The van der Waals surface area contributed by atoms with Crippen molar-refractivity contribution in [2.45, 2.75) is 58.5 Å². The van der Waals surface area contributed by atoms with Gasteiger partial charge in [0.15, 0.2) is 0 Å². The standard InChI is InChI=1S/C29H36F3N5O3/c1-6-7-8-16-36(27(39)33-21-11-9-10-20(17-21)29(30,31)32)19-26(38)34-25-18-24(28(2,3)4)35-37(25)22-12-14-23(40-5)15-13-22/h9-15,17-18H,6-8,16,19H2,1-5H3,(H,33,39)(H,34,38). The number of nitrogens with zero attached hydrogens (tertiary/aromatic N) is 3. The Morgan fingerprint density at radius 3 is 2.30 bits per heavy atom. The molecule has 3 amide bonds. The van der Waals surface area contributed by atoms with Crippen LogP contribution in [-0.4, -0.2) is 46.8 Å². The molecular formula is C29H36F3N5O3. The Morgan fingerprint density at radius 1 is 1.00 bits per heavy atom. The molecule has 8 nitrogen and oxygen atoms in total. The van der Waals surface area contributed by atoms with Crippen molar-refractivity contribution in [2.24, 2.45) is 0 Å². The molecule has 11 heteroatoms. The Kier molecular flexibility index (Phi) is 9.83. The first-order chi connectivity index (χ1) is 18.8. The predicted octanol–water partition coefficient (Wildman–Crippen LogP) is 6.86. The van der Waals surface area contributed by atoms with Crippen molar-refractivity contribution in [1.82, 2.24) is 14.7 Å². The van der Waals surface area contributed by atoms with E-state index in [4.69, 9.17) is 9.84 Å². The topological polar surface area (TPSA) is 88.5 Å². The summed E-state index contributed by atoms with van der Waals surface area (Å²) in [6.07, 6.45) is -2.18. The maximum atomic E-state index is 13.2. The molecule has 1 aromatic heterocycles. The molecule has 2 N–H and O–H groups in total. The van der Waals surface area contributed by atoms with Gasteiger partial charge in [-0.2, -0.15) is 18.3 Å². The fourth-order valence-corrected chi connectivity index (χ4v) is 3.89. The van der Waals surface area contributed by atoms with Gasteiger partial charge in [-0.1, -0.05) is 46.6 Å². The first kappa shape index (κ1) is 30.5. The maximum Gasteiger partial charge on any atom is 0.416 e. The number of halogens is 3. The molecule has 0 saturated carbocycles.